The highest BCUT2D eigenvalue weighted by Gasteiger charge is 2.20. The minimum Gasteiger partial charge on any atom is -0.346 e. The summed E-state index contributed by atoms with van der Waals surface area (Å²) in [4.78, 5) is 12.0. The fourth-order valence-corrected chi connectivity index (χ4v) is 2.04. The number of rotatable bonds is 3. The standard InChI is InChI=1S/C11H14BrIN2O.ClH/c1-11(2,6-14)15-10(16)8-5-7(12)3-4-9(8)13;/h3-5H,6,14H2,1-2H3,(H,15,16);1H. The number of halogens is 3. The van der Waals surface area contributed by atoms with Crippen molar-refractivity contribution < 1.29 is 4.79 Å². The normalized spacial score (nSPS) is 10.6. The van der Waals surface area contributed by atoms with Gasteiger partial charge in [0.05, 0.1) is 5.56 Å². The Labute approximate surface area is 130 Å². The van der Waals surface area contributed by atoms with E-state index in [9.17, 15) is 4.79 Å². The topological polar surface area (TPSA) is 55.1 Å². The average Bonchev–Trinajstić information content (AvgIpc) is 2.21. The first-order valence-electron chi connectivity index (χ1n) is 4.83. The number of hydrogen-bond donors (Lipinski definition) is 2. The van der Waals surface area contributed by atoms with Crippen molar-refractivity contribution in [2.45, 2.75) is 19.4 Å². The number of amides is 1. The van der Waals surface area contributed by atoms with Crippen LogP contribution in [-0.2, 0) is 0 Å². The highest BCUT2D eigenvalue weighted by atomic mass is 127. The zero-order valence-corrected chi connectivity index (χ0v) is 14.1. The minimum absolute atomic E-state index is 0. The molecule has 0 radical (unpaired) electrons. The van der Waals surface area contributed by atoms with Crippen LogP contribution in [0.5, 0.6) is 0 Å². The smallest absolute Gasteiger partial charge is 0.252 e. The first kappa shape index (κ1) is 17.2. The Kier molecular flexibility index (Phi) is 6.98. The van der Waals surface area contributed by atoms with Crippen molar-refractivity contribution in [1.29, 1.82) is 0 Å². The Morgan fingerprint density at radius 2 is 2.12 bits per heavy atom. The van der Waals surface area contributed by atoms with Gasteiger partial charge in [0, 0.05) is 20.1 Å². The lowest BCUT2D eigenvalue weighted by atomic mass is 10.1. The predicted molar refractivity (Wildman–Crippen MR) is 84.7 cm³/mol. The molecule has 0 atom stereocenters. The minimum atomic E-state index is -0.386. The molecule has 0 spiro atoms. The molecule has 1 amide bonds. The van der Waals surface area contributed by atoms with Gasteiger partial charge in [-0.25, -0.2) is 0 Å². The molecule has 96 valence electrons. The second-order valence-electron chi connectivity index (χ2n) is 4.17. The van der Waals surface area contributed by atoms with Gasteiger partial charge in [-0.3, -0.25) is 4.79 Å². The molecule has 0 aromatic heterocycles. The molecule has 0 aliphatic carbocycles. The Hall–Kier alpha value is 0.150. The number of benzene rings is 1. The molecule has 0 saturated heterocycles. The molecule has 0 aliphatic rings. The molecule has 0 aliphatic heterocycles. The van der Waals surface area contributed by atoms with Crippen molar-refractivity contribution in [2.24, 2.45) is 5.73 Å². The third kappa shape index (κ3) is 5.11. The molecule has 1 aromatic carbocycles. The van der Waals surface area contributed by atoms with Crippen LogP contribution in [0.25, 0.3) is 0 Å². The summed E-state index contributed by atoms with van der Waals surface area (Å²) in [6, 6.07) is 5.62. The fraction of sp³-hybridized carbons (Fsp3) is 0.364. The largest absolute Gasteiger partial charge is 0.346 e. The molecule has 3 nitrogen and oxygen atoms in total. The molecular weight excluding hydrogens is 418 g/mol. The zero-order chi connectivity index (χ0) is 12.3. The van der Waals surface area contributed by atoms with Crippen LogP contribution >= 0.6 is 50.9 Å². The van der Waals surface area contributed by atoms with Crippen LogP contribution in [0.15, 0.2) is 22.7 Å². The van der Waals surface area contributed by atoms with E-state index >= 15 is 0 Å². The van der Waals surface area contributed by atoms with E-state index in [0.29, 0.717) is 12.1 Å². The molecule has 0 saturated carbocycles. The predicted octanol–water partition coefficient (Wildman–Crippen LogP) is 2.94. The maximum Gasteiger partial charge on any atom is 0.252 e. The Bertz CT molecular complexity index is 412. The first-order valence-corrected chi connectivity index (χ1v) is 6.70. The maximum atomic E-state index is 12.0. The quantitative estimate of drug-likeness (QED) is 0.721. The van der Waals surface area contributed by atoms with Crippen LogP contribution in [0.2, 0.25) is 0 Å². The van der Waals surface area contributed by atoms with E-state index < -0.39 is 0 Å². The summed E-state index contributed by atoms with van der Waals surface area (Å²) in [5.41, 5.74) is 5.85. The van der Waals surface area contributed by atoms with Gasteiger partial charge in [0.15, 0.2) is 0 Å². The Balaban J connectivity index is 0.00000256. The van der Waals surface area contributed by atoms with E-state index in [-0.39, 0.29) is 23.9 Å². The third-order valence-electron chi connectivity index (χ3n) is 2.14. The van der Waals surface area contributed by atoms with Crippen molar-refractivity contribution in [1.82, 2.24) is 5.32 Å². The molecule has 1 rings (SSSR count). The molecule has 3 N–H and O–H groups in total. The molecule has 0 bridgehead atoms. The second-order valence-corrected chi connectivity index (χ2v) is 6.24. The van der Waals surface area contributed by atoms with E-state index in [1.165, 1.54) is 0 Å². The van der Waals surface area contributed by atoms with Crippen LogP contribution in [0.3, 0.4) is 0 Å². The lowest BCUT2D eigenvalue weighted by Gasteiger charge is -2.24. The summed E-state index contributed by atoms with van der Waals surface area (Å²) in [7, 11) is 0. The van der Waals surface area contributed by atoms with Gasteiger partial charge in [-0.15, -0.1) is 12.4 Å². The van der Waals surface area contributed by atoms with Crippen molar-refractivity contribution >= 4 is 56.8 Å². The number of carbonyl (C=O) groups excluding carboxylic acids is 1. The summed E-state index contributed by atoms with van der Waals surface area (Å²) in [5, 5.41) is 2.90. The lowest BCUT2D eigenvalue weighted by molar-refractivity contribution is 0.0914. The first-order chi connectivity index (χ1) is 7.35. The van der Waals surface area contributed by atoms with Gasteiger partial charge in [-0.2, -0.15) is 0 Å². The Morgan fingerprint density at radius 1 is 1.53 bits per heavy atom. The number of hydrogen-bond acceptors (Lipinski definition) is 2. The van der Waals surface area contributed by atoms with Crippen LogP contribution in [-0.4, -0.2) is 18.0 Å². The van der Waals surface area contributed by atoms with E-state index in [2.05, 4.69) is 43.8 Å². The molecule has 17 heavy (non-hydrogen) atoms. The molecule has 1 aromatic rings. The molecule has 0 fully saturated rings. The van der Waals surface area contributed by atoms with Gasteiger partial charge in [0.2, 0.25) is 0 Å². The number of carbonyl (C=O) groups is 1. The number of nitrogens with one attached hydrogen (secondary N) is 1. The second kappa shape index (κ2) is 6.92. The van der Waals surface area contributed by atoms with Gasteiger partial charge in [-0.05, 0) is 54.6 Å². The summed E-state index contributed by atoms with van der Waals surface area (Å²) in [5.74, 6) is -0.0962. The van der Waals surface area contributed by atoms with E-state index in [1.54, 1.807) is 0 Å². The Morgan fingerprint density at radius 3 is 2.65 bits per heavy atom. The van der Waals surface area contributed by atoms with E-state index in [0.717, 1.165) is 8.04 Å². The summed E-state index contributed by atoms with van der Waals surface area (Å²) in [6.07, 6.45) is 0. The van der Waals surface area contributed by atoms with Crippen molar-refractivity contribution in [3.8, 4) is 0 Å². The number of nitrogens with two attached hydrogens (primary N) is 1. The fourth-order valence-electron chi connectivity index (χ4n) is 1.10. The summed E-state index contributed by atoms with van der Waals surface area (Å²) in [6.45, 7) is 4.20. The van der Waals surface area contributed by atoms with Gasteiger partial charge in [0.25, 0.3) is 5.91 Å². The monoisotopic (exact) mass is 432 g/mol. The van der Waals surface area contributed by atoms with Crippen LogP contribution < -0.4 is 11.1 Å². The van der Waals surface area contributed by atoms with Crippen LogP contribution in [0.1, 0.15) is 24.2 Å². The SMILES string of the molecule is CC(C)(CN)NC(=O)c1cc(Br)ccc1I.Cl. The summed E-state index contributed by atoms with van der Waals surface area (Å²) < 4.78 is 1.81. The highest BCUT2D eigenvalue weighted by Crippen LogP contribution is 2.19. The molecular formula is C11H15BrClIN2O. The van der Waals surface area contributed by atoms with Gasteiger partial charge in [0.1, 0.15) is 0 Å². The van der Waals surface area contributed by atoms with Crippen molar-refractivity contribution in [3.05, 3.63) is 31.8 Å². The lowest BCUT2D eigenvalue weighted by Crippen LogP contribution is -2.49. The van der Waals surface area contributed by atoms with Gasteiger partial charge < -0.3 is 11.1 Å². The zero-order valence-electron chi connectivity index (χ0n) is 9.59. The van der Waals surface area contributed by atoms with Crippen LogP contribution in [0, 0.1) is 3.57 Å². The highest BCUT2D eigenvalue weighted by molar-refractivity contribution is 14.1. The average molecular weight is 434 g/mol. The van der Waals surface area contributed by atoms with E-state index in [4.69, 9.17) is 5.73 Å². The molecule has 6 heteroatoms. The third-order valence-corrected chi connectivity index (χ3v) is 3.57. The van der Waals surface area contributed by atoms with Crippen molar-refractivity contribution in [2.75, 3.05) is 6.54 Å². The molecule has 0 heterocycles. The molecule has 0 unspecified atom stereocenters. The maximum absolute atomic E-state index is 12.0. The van der Waals surface area contributed by atoms with Crippen molar-refractivity contribution in [3.63, 3.8) is 0 Å². The summed E-state index contributed by atoms with van der Waals surface area (Å²) >= 11 is 5.50. The van der Waals surface area contributed by atoms with Crippen LogP contribution in [0.4, 0.5) is 0 Å². The van der Waals surface area contributed by atoms with E-state index in [1.807, 2.05) is 32.0 Å². The van der Waals surface area contributed by atoms with Gasteiger partial charge >= 0.3 is 0 Å². The van der Waals surface area contributed by atoms with Gasteiger partial charge in [-0.1, -0.05) is 15.9 Å².